The fourth-order valence-electron chi connectivity index (χ4n) is 3.21. The van der Waals surface area contributed by atoms with E-state index in [1.807, 2.05) is 60.7 Å². The van der Waals surface area contributed by atoms with Crippen molar-refractivity contribution in [3.63, 3.8) is 0 Å². The first-order valence-electron chi connectivity index (χ1n) is 8.05. The summed E-state index contributed by atoms with van der Waals surface area (Å²) in [6.45, 7) is 2.11. The van der Waals surface area contributed by atoms with Crippen molar-refractivity contribution < 1.29 is 9.59 Å². The second-order valence-electron chi connectivity index (χ2n) is 5.83. The van der Waals surface area contributed by atoms with E-state index in [0.29, 0.717) is 5.56 Å². The summed E-state index contributed by atoms with van der Waals surface area (Å²) in [6, 6.07) is 19.1. The number of hydrogen-bond acceptors (Lipinski definition) is 2. The van der Waals surface area contributed by atoms with E-state index in [9.17, 15) is 9.59 Å². The first-order valence-corrected chi connectivity index (χ1v) is 9.64. The van der Waals surface area contributed by atoms with Crippen LogP contribution in [0.2, 0.25) is 0 Å². The summed E-state index contributed by atoms with van der Waals surface area (Å²) in [5.74, 6) is -0.236. The molecule has 2 nitrogen and oxygen atoms in total. The molecule has 0 heterocycles. The molecule has 2 aromatic rings. The summed E-state index contributed by atoms with van der Waals surface area (Å²) in [5.41, 5.74) is 0.423. The van der Waals surface area contributed by atoms with E-state index in [4.69, 9.17) is 0 Å². The Kier molecular flexibility index (Phi) is 6.93. The van der Waals surface area contributed by atoms with Crippen molar-refractivity contribution in [2.45, 2.75) is 37.5 Å². The van der Waals surface area contributed by atoms with Crippen molar-refractivity contribution in [1.29, 1.82) is 0 Å². The van der Waals surface area contributed by atoms with Gasteiger partial charge in [0.1, 0.15) is 5.41 Å². The predicted octanol–water partition coefficient (Wildman–Crippen LogP) is 5.74. The molecule has 0 aromatic heterocycles. The van der Waals surface area contributed by atoms with Crippen LogP contribution in [0, 0.1) is 0 Å². The van der Waals surface area contributed by atoms with Gasteiger partial charge in [-0.1, -0.05) is 80.4 Å². The van der Waals surface area contributed by atoms with Crippen molar-refractivity contribution in [3.05, 3.63) is 71.8 Å². The lowest BCUT2D eigenvalue weighted by Gasteiger charge is -2.36. The second kappa shape index (κ2) is 8.72. The molecular weight excluding hydrogens is 432 g/mol. The Morgan fingerprint density at radius 1 is 0.917 bits per heavy atom. The van der Waals surface area contributed by atoms with Crippen LogP contribution >= 0.6 is 31.9 Å². The average molecular weight is 452 g/mol. The summed E-state index contributed by atoms with van der Waals surface area (Å²) in [7, 11) is 0. The van der Waals surface area contributed by atoms with Crippen LogP contribution in [0.1, 0.15) is 43.2 Å². The maximum absolute atomic E-state index is 12.8. The number of carbonyl (C=O) groups is 2. The van der Waals surface area contributed by atoms with E-state index in [1.165, 1.54) is 0 Å². The Bertz CT molecular complexity index is 669. The zero-order valence-corrected chi connectivity index (χ0v) is 16.7. The van der Waals surface area contributed by atoms with Crippen molar-refractivity contribution >= 4 is 41.2 Å². The Hall–Kier alpha value is -1.26. The molecule has 0 aliphatic carbocycles. The SMILES string of the molecule is CCCCC(c1ccccc1)C(C(=O)Br)(C(=O)Br)c1ccccc1. The van der Waals surface area contributed by atoms with Gasteiger partial charge in [0.25, 0.3) is 0 Å². The number of hydrogen-bond donors (Lipinski definition) is 0. The number of unbranched alkanes of at least 4 members (excludes halogenated alkanes) is 1. The molecule has 0 aliphatic heterocycles. The van der Waals surface area contributed by atoms with Crippen molar-refractivity contribution in [2.24, 2.45) is 0 Å². The smallest absolute Gasteiger partial charge is 0.217 e. The zero-order chi connectivity index (χ0) is 17.6. The molecule has 0 saturated carbocycles. The highest BCUT2D eigenvalue weighted by atomic mass is 79.9. The molecule has 0 saturated heterocycles. The van der Waals surface area contributed by atoms with Gasteiger partial charge in [-0.2, -0.15) is 0 Å². The Morgan fingerprint density at radius 3 is 1.88 bits per heavy atom. The van der Waals surface area contributed by atoms with Gasteiger partial charge in [-0.05, 0) is 49.4 Å². The van der Waals surface area contributed by atoms with Crippen molar-refractivity contribution in [2.75, 3.05) is 0 Å². The number of benzene rings is 2. The van der Waals surface area contributed by atoms with Crippen LogP contribution in [0.3, 0.4) is 0 Å². The van der Waals surface area contributed by atoms with Crippen LogP contribution in [0.25, 0.3) is 0 Å². The van der Waals surface area contributed by atoms with Crippen LogP contribution in [0.5, 0.6) is 0 Å². The monoisotopic (exact) mass is 450 g/mol. The lowest BCUT2D eigenvalue weighted by atomic mass is 9.67. The van der Waals surface area contributed by atoms with Gasteiger partial charge in [-0.15, -0.1) is 0 Å². The molecular formula is C20H20Br2O2. The van der Waals surface area contributed by atoms with E-state index >= 15 is 0 Å². The summed E-state index contributed by atoms with van der Waals surface area (Å²) in [5, 5.41) is 0. The molecule has 24 heavy (non-hydrogen) atoms. The summed E-state index contributed by atoms with van der Waals surface area (Å²) in [4.78, 5) is 25.5. The molecule has 1 unspecified atom stereocenters. The van der Waals surface area contributed by atoms with Crippen molar-refractivity contribution in [3.8, 4) is 0 Å². The minimum absolute atomic E-state index is 0.236. The summed E-state index contributed by atoms with van der Waals surface area (Å²) < 4.78 is -0.624. The van der Waals surface area contributed by atoms with Gasteiger partial charge >= 0.3 is 0 Å². The largest absolute Gasteiger partial charge is 0.285 e. The Balaban J connectivity index is 2.70. The Morgan fingerprint density at radius 2 is 1.42 bits per heavy atom. The molecule has 1 atom stereocenters. The van der Waals surface area contributed by atoms with Crippen LogP contribution in [-0.2, 0) is 15.0 Å². The third kappa shape index (κ3) is 3.70. The molecule has 0 bridgehead atoms. The highest BCUT2D eigenvalue weighted by Crippen LogP contribution is 2.46. The second-order valence-corrected chi connectivity index (χ2v) is 7.27. The lowest BCUT2D eigenvalue weighted by molar-refractivity contribution is -0.125. The van der Waals surface area contributed by atoms with Gasteiger partial charge in [-0.25, -0.2) is 0 Å². The van der Waals surface area contributed by atoms with Gasteiger partial charge in [0, 0.05) is 5.92 Å². The predicted molar refractivity (Wildman–Crippen MR) is 105 cm³/mol. The van der Waals surface area contributed by atoms with Gasteiger partial charge in [0.05, 0.1) is 0 Å². The summed E-state index contributed by atoms with van der Waals surface area (Å²) in [6.07, 6.45) is 2.69. The van der Waals surface area contributed by atoms with E-state index in [1.54, 1.807) is 0 Å². The maximum Gasteiger partial charge on any atom is 0.217 e. The fraction of sp³-hybridized carbons (Fsp3) is 0.300. The summed E-state index contributed by atoms with van der Waals surface area (Å²) >= 11 is 6.27. The van der Waals surface area contributed by atoms with Crippen LogP contribution in [0.4, 0.5) is 0 Å². The standard InChI is InChI=1S/C20H20Br2O2/c1-2-3-14-17(15-10-6-4-7-11-15)20(18(21)23,19(22)24)16-12-8-5-9-13-16/h4-13,17H,2-3,14H2,1H3. The lowest BCUT2D eigenvalue weighted by Crippen LogP contribution is -2.44. The normalized spacial score (nSPS) is 12.6. The minimum Gasteiger partial charge on any atom is -0.285 e. The molecule has 2 rings (SSSR count). The minimum atomic E-state index is -1.28. The van der Waals surface area contributed by atoms with Crippen LogP contribution in [0.15, 0.2) is 60.7 Å². The van der Waals surface area contributed by atoms with E-state index in [-0.39, 0.29) is 15.3 Å². The highest BCUT2D eigenvalue weighted by molar-refractivity contribution is 9.19. The molecule has 4 heteroatoms. The van der Waals surface area contributed by atoms with Gasteiger partial charge in [0.15, 0.2) is 0 Å². The number of halogens is 2. The van der Waals surface area contributed by atoms with Crippen LogP contribution < -0.4 is 0 Å². The van der Waals surface area contributed by atoms with E-state index in [0.717, 1.165) is 24.8 Å². The molecule has 0 spiro atoms. The zero-order valence-electron chi connectivity index (χ0n) is 13.5. The molecule has 0 amide bonds. The molecule has 126 valence electrons. The molecule has 0 aliphatic rings. The van der Waals surface area contributed by atoms with Gasteiger partial charge < -0.3 is 0 Å². The average Bonchev–Trinajstić information content (AvgIpc) is 2.59. The van der Waals surface area contributed by atoms with Crippen molar-refractivity contribution in [1.82, 2.24) is 0 Å². The van der Waals surface area contributed by atoms with E-state index < -0.39 is 5.41 Å². The molecule has 0 fully saturated rings. The quantitative estimate of drug-likeness (QED) is 0.378. The number of rotatable bonds is 8. The molecule has 0 N–H and O–H groups in total. The maximum atomic E-state index is 12.8. The topological polar surface area (TPSA) is 34.1 Å². The third-order valence-corrected chi connectivity index (χ3v) is 5.67. The first kappa shape index (κ1) is 19.1. The highest BCUT2D eigenvalue weighted by Gasteiger charge is 2.51. The molecule has 2 aromatic carbocycles. The molecule has 0 radical (unpaired) electrons. The van der Waals surface area contributed by atoms with E-state index in [2.05, 4.69) is 38.8 Å². The van der Waals surface area contributed by atoms with Gasteiger partial charge in [-0.3, -0.25) is 9.59 Å². The van der Waals surface area contributed by atoms with Gasteiger partial charge in [0.2, 0.25) is 9.39 Å². The Labute approximate surface area is 159 Å². The first-order chi connectivity index (χ1) is 11.5. The van der Waals surface area contributed by atoms with Crippen LogP contribution in [-0.4, -0.2) is 9.39 Å². The number of carbonyl (C=O) groups excluding carboxylic acids is 2. The fourth-order valence-corrected chi connectivity index (χ4v) is 4.84. The third-order valence-electron chi connectivity index (χ3n) is 4.42.